The Balaban J connectivity index is 1.53. The maximum atomic E-state index is 13.5. The van der Waals surface area contributed by atoms with Crippen LogP contribution in [-0.4, -0.2) is 49.8 Å². The number of methoxy groups -OCH3 is 2. The van der Waals surface area contributed by atoms with Crippen molar-refractivity contribution in [2.24, 2.45) is 5.92 Å². The van der Waals surface area contributed by atoms with Crippen molar-refractivity contribution in [3.05, 3.63) is 57.4 Å². The van der Waals surface area contributed by atoms with E-state index in [9.17, 15) is 9.59 Å². The Hall–Kier alpha value is -3.68. The third-order valence-corrected chi connectivity index (χ3v) is 7.44. The van der Waals surface area contributed by atoms with Gasteiger partial charge in [-0.1, -0.05) is 6.42 Å². The minimum absolute atomic E-state index is 0.0244. The standard InChI is InChI=1S/C27H28N2O6/c1-32-21-11-16-6-7-29(27(31)15-4-3-5-15)25(18(16)13-22(21)33-2)19-10-17-12-23-24(35-9-8-34-23)14-20(17)28-26(19)30/h10-15,25H,3-9H2,1-2H3,(H,28,30). The molecule has 1 fully saturated rings. The van der Waals surface area contributed by atoms with Gasteiger partial charge in [0.2, 0.25) is 5.91 Å². The van der Waals surface area contributed by atoms with Gasteiger partial charge in [-0.2, -0.15) is 0 Å². The van der Waals surface area contributed by atoms with Crippen LogP contribution in [0, 0.1) is 5.92 Å². The fourth-order valence-electron chi connectivity index (χ4n) is 5.37. The monoisotopic (exact) mass is 476 g/mol. The highest BCUT2D eigenvalue weighted by Gasteiger charge is 2.39. The summed E-state index contributed by atoms with van der Waals surface area (Å²) in [5.41, 5.74) is 2.91. The Bertz CT molecular complexity index is 1380. The fourth-order valence-corrected chi connectivity index (χ4v) is 5.37. The second-order valence-corrected chi connectivity index (χ2v) is 9.35. The van der Waals surface area contributed by atoms with Crippen LogP contribution in [0.5, 0.6) is 23.0 Å². The second kappa shape index (κ2) is 8.52. The molecule has 1 saturated carbocycles. The highest BCUT2D eigenvalue weighted by atomic mass is 16.6. The number of aromatic amines is 1. The lowest BCUT2D eigenvalue weighted by molar-refractivity contribution is -0.140. The van der Waals surface area contributed by atoms with E-state index >= 15 is 0 Å². The lowest BCUT2D eigenvalue weighted by Gasteiger charge is -2.41. The van der Waals surface area contributed by atoms with Crippen LogP contribution in [0.3, 0.4) is 0 Å². The van der Waals surface area contributed by atoms with E-state index in [-0.39, 0.29) is 17.4 Å². The average molecular weight is 477 g/mol. The first-order valence-electron chi connectivity index (χ1n) is 12.1. The molecule has 0 radical (unpaired) electrons. The summed E-state index contributed by atoms with van der Waals surface area (Å²) in [6.07, 6.45) is 3.56. The van der Waals surface area contributed by atoms with E-state index in [0.717, 1.165) is 35.8 Å². The van der Waals surface area contributed by atoms with Gasteiger partial charge in [0.05, 0.1) is 25.8 Å². The highest BCUT2D eigenvalue weighted by molar-refractivity contribution is 5.84. The molecule has 0 saturated heterocycles. The normalized spacial score (nSPS) is 19.1. The molecule has 1 atom stereocenters. The second-order valence-electron chi connectivity index (χ2n) is 9.35. The van der Waals surface area contributed by atoms with Crippen LogP contribution in [0.2, 0.25) is 0 Å². The number of rotatable bonds is 4. The molecule has 3 aromatic rings. The lowest BCUT2D eigenvalue weighted by atomic mass is 9.81. The molecule has 182 valence electrons. The van der Waals surface area contributed by atoms with Gasteiger partial charge in [0.15, 0.2) is 23.0 Å². The van der Waals surface area contributed by atoms with Crippen molar-refractivity contribution in [1.82, 2.24) is 9.88 Å². The number of carbonyl (C=O) groups is 1. The minimum atomic E-state index is -0.520. The molecular formula is C27H28N2O6. The molecule has 8 heteroatoms. The predicted octanol–water partition coefficient (Wildman–Crippen LogP) is 3.59. The van der Waals surface area contributed by atoms with E-state index in [1.165, 1.54) is 0 Å². The Morgan fingerprint density at radius 3 is 2.37 bits per heavy atom. The van der Waals surface area contributed by atoms with Crippen LogP contribution in [-0.2, 0) is 11.2 Å². The molecule has 1 aliphatic carbocycles. The molecule has 8 nitrogen and oxygen atoms in total. The Kier molecular flexibility index (Phi) is 5.31. The number of amides is 1. The maximum absolute atomic E-state index is 13.5. The minimum Gasteiger partial charge on any atom is -0.493 e. The van der Waals surface area contributed by atoms with Crippen molar-refractivity contribution in [3.8, 4) is 23.0 Å². The summed E-state index contributed by atoms with van der Waals surface area (Å²) < 4.78 is 22.5. The number of hydrogen-bond acceptors (Lipinski definition) is 6. The lowest BCUT2D eigenvalue weighted by Crippen LogP contribution is -2.46. The molecule has 1 N–H and O–H groups in total. The quantitative estimate of drug-likeness (QED) is 0.619. The van der Waals surface area contributed by atoms with E-state index < -0.39 is 6.04 Å². The van der Waals surface area contributed by atoms with Crippen LogP contribution in [0.25, 0.3) is 10.9 Å². The van der Waals surface area contributed by atoms with Crippen molar-refractivity contribution in [2.45, 2.75) is 31.7 Å². The van der Waals surface area contributed by atoms with Crippen LogP contribution in [0.15, 0.2) is 35.1 Å². The van der Waals surface area contributed by atoms with Crippen LogP contribution < -0.4 is 24.5 Å². The molecule has 3 aliphatic rings. The van der Waals surface area contributed by atoms with E-state index in [1.54, 1.807) is 20.3 Å². The predicted molar refractivity (Wildman–Crippen MR) is 130 cm³/mol. The molecule has 1 aromatic heterocycles. The van der Waals surface area contributed by atoms with Crippen molar-refractivity contribution in [1.29, 1.82) is 0 Å². The Morgan fingerprint density at radius 1 is 0.971 bits per heavy atom. The van der Waals surface area contributed by atoms with Crippen molar-refractivity contribution >= 4 is 16.8 Å². The van der Waals surface area contributed by atoms with Crippen molar-refractivity contribution in [3.63, 3.8) is 0 Å². The highest BCUT2D eigenvalue weighted by Crippen LogP contribution is 2.43. The number of benzene rings is 2. The summed E-state index contributed by atoms with van der Waals surface area (Å²) in [5, 5.41) is 0.826. The molecule has 35 heavy (non-hydrogen) atoms. The SMILES string of the molecule is COc1cc2c(cc1OC)C(c1cc3cc4c(cc3[nH]c1=O)OCCO4)N(C(=O)C1CCC1)CC2. The third-order valence-electron chi connectivity index (χ3n) is 7.44. The Morgan fingerprint density at radius 2 is 1.69 bits per heavy atom. The average Bonchev–Trinajstić information content (AvgIpc) is 2.84. The maximum Gasteiger partial charge on any atom is 0.254 e. The van der Waals surface area contributed by atoms with E-state index in [2.05, 4.69) is 4.98 Å². The van der Waals surface area contributed by atoms with Gasteiger partial charge < -0.3 is 28.8 Å². The number of pyridine rings is 1. The molecule has 2 aliphatic heterocycles. The molecule has 2 aromatic carbocycles. The number of H-pyrrole nitrogens is 1. The smallest absolute Gasteiger partial charge is 0.254 e. The summed E-state index contributed by atoms with van der Waals surface area (Å²) >= 11 is 0. The molecular weight excluding hydrogens is 448 g/mol. The molecule has 1 amide bonds. The summed E-state index contributed by atoms with van der Waals surface area (Å²) in [4.78, 5) is 31.9. The van der Waals surface area contributed by atoms with Crippen LogP contribution >= 0.6 is 0 Å². The van der Waals surface area contributed by atoms with Gasteiger partial charge >= 0.3 is 0 Å². The number of nitrogens with one attached hydrogen (secondary N) is 1. The Labute approximate surface area is 202 Å². The molecule has 3 heterocycles. The number of aromatic nitrogens is 1. The molecule has 0 bridgehead atoms. The zero-order chi connectivity index (χ0) is 24.1. The largest absolute Gasteiger partial charge is 0.493 e. The topological polar surface area (TPSA) is 90.1 Å². The van der Waals surface area contributed by atoms with Gasteiger partial charge in [-0.15, -0.1) is 0 Å². The summed E-state index contributed by atoms with van der Waals surface area (Å²) in [6, 6.07) is 8.92. The summed E-state index contributed by atoms with van der Waals surface area (Å²) in [7, 11) is 3.20. The van der Waals surface area contributed by atoms with E-state index in [0.29, 0.717) is 60.3 Å². The fraction of sp³-hybridized carbons (Fsp3) is 0.407. The zero-order valence-corrected chi connectivity index (χ0v) is 19.9. The molecule has 1 unspecified atom stereocenters. The van der Waals surface area contributed by atoms with Gasteiger partial charge in [0, 0.05) is 29.5 Å². The number of hydrogen-bond donors (Lipinski definition) is 1. The van der Waals surface area contributed by atoms with Crippen LogP contribution in [0.4, 0.5) is 0 Å². The number of fused-ring (bicyclic) bond motifs is 3. The summed E-state index contributed by atoms with van der Waals surface area (Å²) in [6.45, 7) is 1.50. The molecule has 0 spiro atoms. The van der Waals surface area contributed by atoms with Gasteiger partial charge in [-0.25, -0.2) is 0 Å². The van der Waals surface area contributed by atoms with Gasteiger partial charge in [0.25, 0.3) is 5.56 Å². The van der Waals surface area contributed by atoms with Gasteiger partial charge in [-0.05, 0) is 54.7 Å². The number of ether oxygens (including phenoxy) is 4. The van der Waals surface area contributed by atoms with Crippen LogP contribution in [0.1, 0.15) is 42.0 Å². The van der Waals surface area contributed by atoms with Crippen molar-refractivity contribution in [2.75, 3.05) is 34.0 Å². The first kappa shape index (κ1) is 21.8. The van der Waals surface area contributed by atoms with E-state index in [1.807, 2.05) is 29.2 Å². The van der Waals surface area contributed by atoms with Crippen molar-refractivity contribution < 1.29 is 23.7 Å². The first-order chi connectivity index (χ1) is 17.1. The number of nitrogens with zero attached hydrogens (tertiary/aromatic N) is 1. The first-order valence-corrected chi connectivity index (χ1v) is 12.1. The third kappa shape index (κ3) is 3.59. The van der Waals surface area contributed by atoms with E-state index in [4.69, 9.17) is 18.9 Å². The van der Waals surface area contributed by atoms with Gasteiger partial charge in [0.1, 0.15) is 13.2 Å². The summed E-state index contributed by atoms with van der Waals surface area (Å²) in [5.74, 6) is 2.62. The zero-order valence-electron chi connectivity index (χ0n) is 19.9. The number of carbonyl (C=O) groups excluding carboxylic acids is 1. The molecule has 6 rings (SSSR count). The van der Waals surface area contributed by atoms with Gasteiger partial charge in [-0.3, -0.25) is 9.59 Å².